The molecule has 0 aromatic carbocycles. The standard InChI is InChI=1S/C9H12O5/c1-7(10)6-9(12)14-5-3-4-13-8(2)11/h3,5H,4,6H2,1-2H3. The van der Waals surface area contributed by atoms with E-state index in [0.717, 1.165) is 6.26 Å². The normalized spacial score (nSPS) is 9.86. The Morgan fingerprint density at radius 1 is 1.21 bits per heavy atom. The average molecular weight is 200 g/mol. The minimum absolute atomic E-state index is 0.0443. The number of carbonyl (C=O) groups is 3. The Kier molecular flexibility index (Phi) is 6.02. The molecule has 0 aliphatic carbocycles. The average Bonchev–Trinajstić information content (AvgIpc) is 2.01. The van der Waals surface area contributed by atoms with E-state index in [1.54, 1.807) is 0 Å². The molecule has 0 aliphatic heterocycles. The van der Waals surface area contributed by atoms with E-state index in [0.29, 0.717) is 0 Å². The molecular weight excluding hydrogens is 188 g/mol. The minimum atomic E-state index is -0.628. The molecule has 14 heavy (non-hydrogen) atoms. The molecule has 5 heteroatoms. The monoisotopic (exact) mass is 200 g/mol. The Hall–Kier alpha value is -1.65. The fraction of sp³-hybridized carbons (Fsp3) is 0.444. The SMILES string of the molecule is CC(=O)CC(=O)OC=CCOC(C)=O. The molecule has 0 aromatic heterocycles. The fourth-order valence-corrected chi connectivity index (χ4v) is 0.574. The van der Waals surface area contributed by atoms with E-state index in [4.69, 9.17) is 0 Å². The number of rotatable bonds is 5. The van der Waals surface area contributed by atoms with Gasteiger partial charge in [-0.3, -0.25) is 14.4 Å². The van der Waals surface area contributed by atoms with Gasteiger partial charge in [-0.2, -0.15) is 0 Å². The summed E-state index contributed by atoms with van der Waals surface area (Å²) in [4.78, 5) is 31.5. The van der Waals surface area contributed by atoms with Crippen LogP contribution in [0.15, 0.2) is 12.3 Å². The summed E-state index contributed by atoms with van der Waals surface area (Å²) >= 11 is 0. The Bertz CT molecular complexity index is 254. The molecule has 0 fully saturated rings. The molecule has 0 saturated heterocycles. The maximum absolute atomic E-state index is 10.7. The summed E-state index contributed by atoms with van der Waals surface area (Å²) in [5.74, 6) is -1.30. The Morgan fingerprint density at radius 2 is 1.86 bits per heavy atom. The highest BCUT2D eigenvalue weighted by Gasteiger charge is 2.03. The summed E-state index contributed by atoms with van der Waals surface area (Å²) in [7, 11) is 0. The van der Waals surface area contributed by atoms with Crippen LogP contribution in [-0.2, 0) is 23.9 Å². The summed E-state index contributed by atoms with van der Waals surface area (Å²) in [6.45, 7) is 2.61. The van der Waals surface area contributed by atoms with Gasteiger partial charge >= 0.3 is 11.9 Å². The van der Waals surface area contributed by atoms with Crippen molar-refractivity contribution in [2.45, 2.75) is 20.3 Å². The van der Waals surface area contributed by atoms with Crippen LogP contribution in [0.2, 0.25) is 0 Å². The maximum Gasteiger partial charge on any atom is 0.318 e. The third-order valence-corrected chi connectivity index (χ3v) is 1.07. The molecule has 0 bridgehead atoms. The molecule has 0 atom stereocenters. The van der Waals surface area contributed by atoms with Crippen molar-refractivity contribution in [1.82, 2.24) is 0 Å². The van der Waals surface area contributed by atoms with E-state index in [-0.39, 0.29) is 18.8 Å². The van der Waals surface area contributed by atoms with E-state index >= 15 is 0 Å². The second-order valence-corrected chi connectivity index (χ2v) is 2.54. The van der Waals surface area contributed by atoms with Crippen LogP contribution in [-0.4, -0.2) is 24.3 Å². The van der Waals surface area contributed by atoms with Crippen LogP contribution in [0, 0.1) is 0 Å². The predicted octanol–water partition coefficient (Wildman–Crippen LogP) is 0.585. The Labute approximate surface area is 81.7 Å². The maximum atomic E-state index is 10.7. The second-order valence-electron chi connectivity index (χ2n) is 2.54. The van der Waals surface area contributed by atoms with Crippen LogP contribution in [0.5, 0.6) is 0 Å². The van der Waals surface area contributed by atoms with Gasteiger partial charge in [0.25, 0.3) is 0 Å². The van der Waals surface area contributed by atoms with Crippen LogP contribution in [0.1, 0.15) is 20.3 Å². The first-order chi connectivity index (χ1) is 6.52. The van der Waals surface area contributed by atoms with Crippen molar-refractivity contribution in [1.29, 1.82) is 0 Å². The smallest absolute Gasteiger partial charge is 0.318 e. The van der Waals surface area contributed by atoms with Gasteiger partial charge in [-0.25, -0.2) is 0 Å². The van der Waals surface area contributed by atoms with Crippen molar-refractivity contribution in [2.24, 2.45) is 0 Å². The number of carbonyl (C=O) groups excluding carboxylic acids is 3. The van der Waals surface area contributed by atoms with E-state index in [9.17, 15) is 14.4 Å². The van der Waals surface area contributed by atoms with Crippen LogP contribution in [0.4, 0.5) is 0 Å². The van der Waals surface area contributed by atoms with Gasteiger partial charge < -0.3 is 9.47 Å². The van der Waals surface area contributed by atoms with Crippen molar-refractivity contribution in [3.8, 4) is 0 Å². The lowest BCUT2D eigenvalue weighted by Gasteiger charge is -1.96. The fourth-order valence-electron chi connectivity index (χ4n) is 0.574. The third-order valence-electron chi connectivity index (χ3n) is 1.07. The van der Waals surface area contributed by atoms with Crippen molar-refractivity contribution in [3.63, 3.8) is 0 Å². The highest BCUT2D eigenvalue weighted by atomic mass is 16.5. The van der Waals surface area contributed by atoms with Crippen molar-refractivity contribution >= 4 is 17.7 Å². The zero-order valence-corrected chi connectivity index (χ0v) is 8.11. The molecule has 5 nitrogen and oxygen atoms in total. The molecule has 0 aromatic rings. The summed E-state index contributed by atoms with van der Waals surface area (Å²) < 4.78 is 9.02. The first-order valence-electron chi connectivity index (χ1n) is 3.99. The number of Topliss-reactive ketones (excluding diaryl/α,β-unsaturated/α-hetero) is 1. The predicted molar refractivity (Wildman–Crippen MR) is 47.2 cm³/mol. The number of hydrogen-bond acceptors (Lipinski definition) is 5. The minimum Gasteiger partial charge on any atom is -0.462 e. The van der Waals surface area contributed by atoms with Crippen molar-refractivity contribution in [3.05, 3.63) is 12.3 Å². The lowest BCUT2D eigenvalue weighted by atomic mass is 10.3. The van der Waals surface area contributed by atoms with Crippen molar-refractivity contribution < 1.29 is 23.9 Å². The first kappa shape index (κ1) is 12.3. The van der Waals surface area contributed by atoms with Gasteiger partial charge in [-0.05, 0) is 13.0 Å². The molecule has 78 valence electrons. The Morgan fingerprint density at radius 3 is 2.36 bits per heavy atom. The topological polar surface area (TPSA) is 69.7 Å². The second kappa shape index (κ2) is 6.82. The molecular formula is C9H12O5. The van der Waals surface area contributed by atoms with Gasteiger partial charge in [-0.15, -0.1) is 0 Å². The molecule has 0 unspecified atom stereocenters. The molecule has 0 saturated carbocycles. The lowest BCUT2D eigenvalue weighted by Crippen LogP contribution is -2.05. The highest BCUT2D eigenvalue weighted by molar-refractivity contribution is 5.94. The van der Waals surface area contributed by atoms with Crippen LogP contribution < -0.4 is 0 Å². The highest BCUT2D eigenvalue weighted by Crippen LogP contribution is 1.89. The van der Waals surface area contributed by atoms with E-state index < -0.39 is 11.9 Å². The van der Waals surface area contributed by atoms with Gasteiger partial charge in [0, 0.05) is 6.92 Å². The number of hydrogen-bond donors (Lipinski definition) is 0. The molecule has 0 radical (unpaired) electrons. The largest absolute Gasteiger partial charge is 0.462 e. The van der Waals surface area contributed by atoms with Gasteiger partial charge in [-0.1, -0.05) is 0 Å². The van der Waals surface area contributed by atoms with Gasteiger partial charge in [0.15, 0.2) is 0 Å². The quantitative estimate of drug-likeness (QED) is 0.369. The summed E-state index contributed by atoms with van der Waals surface area (Å²) in [6.07, 6.45) is 2.20. The van der Waals surface area contributed by atoms with Crippen LogP contribution >= 0.6 is 0 Å². The number of esters is 2. The number of ether oxygens (including phenoxy) is 2. The molecule has 0 N–H and O–H groups in total. The Balaban J connectivity index is 3.56. The summed E-state index contributed by atoms with van der Waals surface area (Å²) in [5.41, 5.74) is 0. The summed E-state index contributed by atoms with van der Waals surface area (Å²) in [6, 6.07) is 0. The van der Waals surface area contributed by atoms with Crippen LogP contribution in [0.3, 0.4) is 0 Å². The molecule has 0 aliphatic rings. The van der Waals surface area contributed by atoms with Gasteiger partial charge in [0.2, 0.25) is 0 Å². The zero-order chi connectivity index (χ0) is 11.0. The summed E-state index contributed by atoms with van der Waals surface area (Å²) in [5, 5.41) is 0. The first-order valence-corrected chi connectivity index (χ1v) is 3.99. The zero-order valence-electron chi connectivity index (χ0n) is 8.11. The van der Waals surface area contributed by atoms with Crippen molar-refractivity contribution in [2.75, 3.05) is 6.61 Å². The van der Waals surface area contributed by atoms with E-state index in [1.807, 2.05) is 0 Å². The van der Waals surface area contributed by atoms with Gasteiger partial charge in [0.05, 0.1) is 6.26 Å². The molecule has 0 spiro atoms. The molecule has 0 amide bonds. The van der Waals surface area contributed by atoms with E-state index in [2.05, 4.69) is 9.47 Å². The van der Waals surface area contributed by atoms with E-state index in [1.165, 1.54) is 19.9 Å². The molecule has 0 heterocycles. The number of ketones is 1. The third kappa shape index (κ3) is 8.45. The lowest BCUT2D eigenvalue weighted by molar-refractivity contribution is -0.140. The molecule has 0 rings (SSSR count). The van der Waals surface area contributed by atoms with Gasteiger partial charge in [0.1, 0.15) is 18.8 Å². The van der Waals surface area contributed by atoms with Crippen LogP contribution in [0.25, 0.3) is 0 Å².